The van der Waals surface area contributed by atoms with Crippen LogP contribution in [0.2, 0.25) is 0 Å². The Bertz CT molecular complexity index is 1060. The summed E-state index contributed by atoms with van der Waals surface area (Å²) >= 11 is 0. The van der Waals surface area contributed by atoms with E-state index in [1.54, 1.807) is 6.07 Å². The van der Waals surface area contributed by atoms with E-state index in [2.05, 4.69) is 58.7 Å². The molecule has 0 spiro atoms. The number of rotatable bonds is 8. The maximum atomic E-state index is 12.6. The van der Waals surface area contributed by atoms with E-state index in [-0.39, 0.29) is 5.91 Å². The number of anilines is 1. The molecule has 0 fully saturated rings. The minimum Gasteiger partial charge on any atom is -0.455 e. The summed E-state index contributed by atoms with van der Waals surface area (Å²) in [5.74, 6) is 0.837. The first-order valence-electron chi connectivity index (χ1n) is 10.4. The van der Waals surface area contributed by atoms with Crippen molar-refractivity contribution in [1.82, 2.24) is 4.90 Å². The summed E-state index contributed by atoms with van der Waals surface area (Å²) in [6.45, 7) is 4.21. The van der Waals surface area contributed by atoms with Crippen LogP contribution in [0.1, 0.15) is 33.0 Å². The van der Waals surface area contributed by atoms with Gasteiger partial charge in [0.15, 0.2) is 5.76 Å². The number of furan rings is 1. The van der Waals surface area contributed by atoms with Crippen molar-refractivity contribution < 1.29 is 9.21 Å². The van der Waals surface area contributed by atoms with E-state index in [4.69, 9.17) is 4.42 Å². The maximum Gasteiger partial charge on any atom is 0.291 e. The number of hydrogen-bond donors (Lipinski definition) is 1. The van der Waals surface area contributed by atoms with Crippen LogP contribution in [0.3, 0.4) is 0 Å². The Balaban J connectivity index is 1.45. The summed E-state index contributed by atoms with van der Waals surface area (Å²) < 4.78 is 5.89. The fraction of sp³-hybridized carbons (Fsp3) is 0.148. The minimum absolute atomic E-state index is 0.243. The second-order valence-corrected chi connectivity index (χ2v) is 7.70. The molecule has 3 aromatic carbocycles. The minimum atomic E-state index is -0.243. The lowest BCUT2D eigenvalue weighted by molar-refractivity contribution is 0.0992. The average Bonchev–Trinajstić information content (AvgIpc) is 3.25. The van der Waals surface area contributed by atoms with Gasteiger partial charge in [0.05, 0.1) is 6.54 Å². The summed E-state index contributed by atoms with van der Waals surface area (Å²) in [6.07, 6.45) is 0. The summed E-state index contributed by atoms with van der Waals surface area (Å²) in [7, 11) is 0. The number of carbonyl (C=O) groups is 1. The highest BCUT2D eigenvalue weighted by atomic mass is 16.4. The Kier molecular flexibility index (Phi) is 6.60. The van der Waals surface area contributed by atoms with Crippen LogP contribution in [0.25, 0.3) is 0 Å². The third kappa shape index (κ3) is 5.93. The Morgan fingerprint density at radius 1 is 0.742 bits per heavy atom. The highest BCUT2D eigenvalue weighted by molar-refractivity contribution is 6.02. The second-order valence-electron chi connectivity index (χ2n) is 7.70. The standard InChI is InChI=1S/C27H26N2O2/c1-21-12-14-24(15-13-21)28-27(30)26-17-16-25(31-26)20-29(18-22-8-4-2-5-9-22)19-23-10-6-3-7-11-23/h2-17H,18-20H2,1H3,(H,28,30). The normalized spacial score (nSPS) is 10.9. The fourth-order valence-electron chi connectivity index (χ4n) is 3.49. The predicted octanol–water partition coefficient (Wildman–Crippen LogP) is 6.04. The molecule has 4 heteroatoms. The van der Waals surface area contributed by atoms with Gasteiger partial charge in [-0.15, -0.1) is 0 Å². The number of aryl methyl sites for hydroxylation is 1. The van der Waals surface area contributed by atoms with Crippen molar-refractivity contribution in [2.24, 2.45) is 0 Å². The highest BCUT2D eigenvalue weighted by Crippen LogP contribution is 2.18. The van der Waals surface area contributed by atoms with Crippen LogP contribution in [0.5, 0.6) is 0 Å². The van der Waals surface area contributed by atoms with Crippen molar-refractivity contribution in [3.8, 4) is 0 Å². The van der Waals surface area contributed by atoms with Crippen LogP contribution in [0, 0.1) is 6.92 Å². The van der Waals surface area contributed by atoms with Crippen molar-refractivity contribution in [3.05, 3.63) is 125 Å². The maximum absolute atomic E-state index is 12.6. The molecule has 0 bridgehead atoms. The van der Waals surface area contributed by atoms with Gasteiger partial charge in [0.25, 0.3) is 5.91 Å². The highest BCUT2D eigenvalue weighted by Gasteiger charge is 2.15. The lowest BCUT2D eigenvalue weighted by atomic mass is 10.1. The largest absolute Gasteiger partial charge is 0.455 e. The van der Waals surface area contributed by atoms with Crippen LogP contribution in [-0.2, 0) is 19.6 Å². The second kappa shape index (κ2) is 9.92. The van der Waals surface area contributed by atoms with Gasteiger partial charge < -0.3 is 9.73 Å². The van der Waals surface area contributed by atoms with Crippen molar-refractivity contribution in [2.45, 2.75) is 26.6 Å². The van der Waals surface area contributed by atoms with Crippen LogP contribution in [0.4, 0.5) is 5.69 Å². The summed E-state index contributed by atoms with van der Waals surface area (Å²) in [5.41, 5.74) is 4.38. The quantitative estimate of drug-likeness (QED) is 0.385. The first-order chi connectivity index (χ1) is 15.2. The van der Waals surface area contributed by atoms with Crippen LogP contribution in [-0.4, -0.2) is 10.8 Å². The number of nitrogens with one attached hydrogen (secondary N) is 1. The molecule has 31 heavy (non-hydrogen) atoms. The van der Waals surface area contributed by atoms with Crippen LogP contribution >= 0.6 is 0 Å². The number of benzene rings is 3. The molecule has 0 radical (unpaired) electrons. The molecule has 1 heterocycles. The van der Waals surface area contributed by atoms with Gasteiger partial charge in [-0.1, -0.05) is 78.4 Å². The Morgan fingerprint density at radius 2 is 1.32 bits per heavy atom. The summed E-state index contributed by atoms with van der Waals surface area (Å²) in [5, 5.41) is 2.89. The lowest BCUT2D eigenvalue weighted by Gasteiger charge is -2.21. The van der Waals surface area contributed by atoms with Gasteiger partial charge in [0.2, 0.25) is 0 Å². The monoisotopic (exact) mass is 410 g/mol. The van der Waals surface area contributed by atoms with Crippen LogP contribution in [0.15, 0.2) is 101 Å². The average molecular weight is 411 g/mol. The zero-order valence-electron chi connectivity index (χ0n) is 17.6. The van der Waals surface area contributed by atoms with Crippen molar-refractivity contribution in [1.29, 1.82) is 0 Å². The number of hydrogen-bond acceptors (Lipinski definition) is 3. The molecule has 0 saturated heterocycles. The Hall–Kier alpha value is -3.63. The lowest BCUT2D eigenvalue weighted by Crippen LogP contribution is -2.22. The van der Waals surface area contributed by atoms with E-state index in [9.17, 15) is 4.79 Å². The van der Waals surface area contributed by atoms with Gasteiger partial charge in [-0.05, 0) is 42.3 Å². The van der Waals surface area contributed by atoms with E-state index in [0.29, 0.717) is 12.3 Å². The van der Waals surface area contributed by atoms with E-state index in [1.165, 1.54) is 11.1 Å². The number of amides is 1. The third-order valence-electron chi connectivity index (χ3n) is 5.07. The number of carbonyl (C=O) groups excluding carboxylic acids is 1. The first-order valence-corrected chi connectivity index (χ1v) is 10.4. The van der Waals surface area contributed by atoms with Crippen molar-refractivity contribution in [3.63, 3.8) is 0 Å². The SMILES string of the molecule is Cc1ccc(NC(=O)c2ccc(CN(Cc3ccccc3)Cc3ccccc3)o2)cc1. The van der Waals surface area contributed by atoms with Crippen LogP contribution < -0.4 is 5.32 Å². The molecule has 0 unspecified atom stereocenters. The molecule has 4 aromatic rings. The summed E-state index contributed by atoms with van der Waals surface area (Å²) in [4.78, 5) is 14.9. The molecule has 0 aliphatic rings. The molecule has 0 atom stereocenters. The molecule has 1 aromatic heterocycles. The van der Waals surface area contributed by atoms with E-state index in [0.717, 1.165) is 30.1 Å². The van der Waals surface area contributed by atoms with E-state index < -0.39 is 0 Å². The molecule has 1 amide bonds. The smallest absolute Gasteiger partial charge is 0.291 e. The Labute approximate surface area is 183 Å². The Morgan fingerprint density at radius 3 is 1.90 bits per heavy atom. The zero-order chi connectivity index (χ0) is 21.5. The molecule has 1 N–H and O–H groups in total. The van der Waals surface area contributed by atoms with Gasteiger partial charge in [-0.25, -0.2) is 0 Å². The molecule has 4 rings (SSSR count). The summed E-state index contributed by atoms with van der Waals surface area (Å²) in [6, 6.07) is 32.1. The van der Waals surface area contributed by atoms with E-state index >= 15 is 0 Å². The number of nitrogens with zero attached hydrogens (tertiary/aromatic N) is 1. The first kappa shape index (κ1) is 20.6. The molecule has 0 aliphatic heterocycles. The zero-order valence-corrected chi connectivity index (χ0v) is 17.6. The predicted molar refractivity (Wildman–Crippen MR) is 124 cm³/mol. The van der Waals surface area contributed by atoms with Gasteiger partial charge >= 0.3 is 0 Å². The topological polar surface area (TPSA) is 45.5 Å². The molecule has 0 aliphatic carbocycles. The molecular formula is C27H26N2O2. The molecule has 0 saturated carbocycles. The molecule has 4 nitrogen and oxygen atoms in total. The van der Waals surface area contributed by atoms with Gasteiger partial charge in [-0.2, -0.15) is 0 Å². The van der Waals surface area contributed by atoms with Gasteiger partial charge in [0, 0.05) is 18.8 Å². The third-order valence-corrected chi connectivity index (χ3v) is 5.07. The fourth-order valence-corrected chi connectivity index (χ4v) is 3.49. The van der Waals surface area contributed by atoms with Crippen molar-refractivity contribution >= 4 is 11.6 Å². The van der Waals surface area contributed by atoms with E-state index in [1.807, 2.05) is 49.4 Å². The molecular weight excluding hydrogens is 384 g/mol. The molecule has 156 valence electrons. The van der Waals surface area contributed by atoms with Crippen molar-refractivity contribution in [2.75, 3.05) is 5.32 Å². The van der Waals surface area contributed by atoms with Gasteiger partial charge in [-0.3, -0.25) is 9.69 Å². The van der Waals surface area contributed by atoms with Gasteiger partial charge in [0.1, 0.15) is 5.76 Å².